The van der Waals surface area contributed by atoms with E-state index in [2.05, 4.69) is 15.1 Å². The van der Waals surface area contributed by atoms with Crippen LogP contribution in [0.2, 0.25) is 0 Å². The third-order valence-corrected chi connectivity index (χ3v) is 3.90. The Kier molecular flexibility index (Phi) is 4.83. The monoisotopic (exact) mass is 340 g/mol. The largest absolute Gasteiger partial charge is 0.493 e. The standard InChI is InChI=1S/C18H20N4O3/c1-11(8-12-4-6-14(23-2)15(9-12)24-3)18-21-17(22-25-18)13-5-7-16(19)20-10-13/h4-7,9-11H,8H2,1-3H3,(H2,19,20). The Morgan fingerprint density at radius 1 is 1.12 bits per heavy atom. The number of hydrogen-bond donors (Lipinski definition) is 1. The van der Waals surface area contributed by atoms with Crippen molar-refractivity contribution in [1.29, 1.82) is 0 Å². The zero-order valence-electron chi connectivity index (χ0n) is 14.4. The number of nitrogens with two attached hydrogens (primary N) is 1. The predicted molar refractivity (Wildman–Crippen MR) is 93.6 cm³/mol. The molecule has 7 nitrogen and oxygen atoms in total. The van der Waals surface area contributed by atoms with Crippen molar-refractivity contribution in [2.75, 3.05) is 20.0 Å². The fourth-order valence-electron chi connectivity index (χ4n) is 2.54. The highest BCUT2D eigenvalue weighted by Crippen LogP contribution is 2.30. The van der Waals surface area contributed by atoms with Crippen LogP contribution in [0.5, 0.6) is 11.5 Å². The van der Waals surface area contributed by atoms with Crippen molar-refractivity contribution in [2.24, 2.45) is 0 Å². The molecule has 0 aliphatic rings. The highest BCUT2D eigenvalue weighted by molar-refractivity contribution is 5.54. The molecule has 2 N–H and O–H groups in total. The molecule has 7 heteroatoms. The molecule has 0 fully saturated rings. The highest BCUT2D eigenvalue weighted by atomic mass is 16.5. The Labute approximate surface area is 145 Å². The molecule has 0 aliphatic heterocycles. The summed E-state index contributed by atoms with van der Waals surface area (Å²) < 4.78 is 16.0. The van der Waals surface area contributed by atoms with E-state index in [1.165, 1.54) is 0 Å². The van der Waals surface area contributed by atoms with Gasteiger partial charge in [-0.2, -0.15) is 4.98 Å². The van der Waals surface area contributed by atoms with E-state index in [4.69, 9.17) is 19.7 Å². The van der Waals surface area contributed by atoms with Crippen LogP contribution in [0.25, 0.3) is 11.4 Å². The zero-order chi connectivity index (χ0) is 17.8. The SMILES string of the molecule is COc1ccc(CC(C)c2nc(-c3ccc(N)nc3)no2)cc1OC. The van der Waals surface area contributed by atoms with Gasteiger partial charge in [0.15, 0.2) is 11.5 Å². The van der Waals surface area contributed by atoms with Gasteiger partial charge in [0.2, 0.25) is 11.7 Å². The Hall–Kier alpha value is -3.09. The van der Waals surface area contributed by atoms with Gasteiger partial charge in [0, 0.05) is 17.7 Å². The molecule has 1 unspecified atom stereocenters. The number of hydrogen-bond acceptors (Lipinski definition) is 7. The van der Waals surface area contributed by atoms with Crippen LogP contribution in [0.15, 0.2) is 41.1 Å². The smallest absolute Gasteiger partial charge is 0.230 e. The van der Waals surface area contributed by atoms with Crippen molar-refractivity contribution in [3.8, 4) is 22.9 Å². The van der Waals surface area contributed by atoms with E-state index < -0.39 is 0 Å². The molecule has 0 radical (unpaired) electrons. The molecule has 0 amide bonds. The second-order valence-electron chi connectivity index (χ2n) is 5.72. The molecule has 130 valence electrons. The summed E-state index contributed by atoms with van der Waals surface area (Å²) >= 11 is 0. The summed E-state index contributed by atoms with van der Waals surface area (Å²) in [6.07, 6.45) is 2.37. The van der Waals surface area contributed by atoms with Crippen LogP contribution in [-0.2, 0) is 6.42 Å². The van der Waals surface area contributed by atoms with Crippen molar-refractivity contribution < 1.29 is 14.0 Å². The summed E-state index contributed by atoms with van der Waals surface area (Å²) in [5.41, 5.74) is 7.46. The molecule has 25 heavy (non-hydrogen) atoms. The van der Waals surface area contributed by atoms with Gasteiger partial charge < -0.3 is 19.7 Å². The summed E-state index contributed by atoms with van der Waals surface area (Å²) in [5, 5.41) is 4.03. The van der Waals surface area contributed by atoms with Crippen LogP contribution in [0.1, 0.15) is 24.3 Å². The van der Waals surface area contributed by atoms with Gasteiger partial charge >= 0.3 is 0 Å². The number of rotatable bonds is 6. The van der Waals surface area contributed by atoms with E-state index in [1.807, 2.05) is 31.2 Å². The summed E-state index contributed by atoms with van der Waals surface area (Å²) in [6.45, 7) is 2.04. The Bertz CT molecular complexity index is 846. The minimum Gasteiger partial charge on any atom is -0.493 e. The molecule has 0 aliphatic carbocycles. The van der Waals surface area contributed by atoms with Crippen LogP contribution in [0, 0.1) is 0 Å². The van der Waals surface area contributed by atoms with E-state index in [9.17, 15) is 0 Å². The van der Waals surface area contributed by atoms with Gasteiger partial charge in [0.1, 0.15) is 5.82 Å². The average Bonchev–Trinajstić information content (AvgIpc) is 3.12. The second kappa shape index (κ2) is 7.21. The Morgan fingerprint density at radius 3 is 2.60 bits per heavy atom. The van der Waals surface area contributed by atoms with Gasteiger partial charge in [-0.05, 0) is 36.2 Å². The molecule has 0 bridgehead atoms. The lowest BCUT2D eigenvalue weighted by molar-refractivity contribution is 0.352. The summed E-state index contributed by atoms with van der Waals surface area (Å²) in [7, 11) is 3.24. The van der Waals surface area contributed by atoms with Gasteiger partial charge in [0.25, 0.3) is 0 Å². The molecular weight excluding hydrogens is 320 g/mol. The lowest BCUT2D eigenvalue weighted by atomic mass is 10.0. The first-order valence-corrected chi connectivity index (χ1v) is 7.87. The maximum absolute atomic E-state index is 5.59. The van der Waals surface area contributed by atoms with Gasteiger partial charge in [-0.25, -0.2) is 4.98 Å². The van der Waals surface area contributed by atoms with Crippen LogP contribution in [0.3, 0.4) is 0 Å². The summed E-state index contributed by atoms with van der Waals surface area (Å²) in [6, 6.07) is 9.37. The molecule has 1 atom stereocenters. The topological polar surface area (TPSA) is 96.3 Å². The maximum atomic E-state index is 5.59. The number of methoxy groups -OCH3 is 2. The second-order valence-corrected chi connectivity index (χ2v) is 5.72. The lowest BCUT2D eigenvalue weighted by Crippen LogP contribution is -2.00. The number of nitrogens with zero attached hydrogens (tertiary/aromatic N) is 3. The van der Waals surface area contributed by atoms with E-state index in [1.54, 1.807) is 26.5 Å². The van der Waals surface area contributed by atoms with Crippen molar-refractivity contribution in [1.82, 2.24) is 15.1 Å². The van der Waals surface area contributed by atoms with Crippen molar-refractivity contribution in [3.63, 3.8) is 0 Å². The normalized spacial score (nSPS) is 12.0. The number of benzene rings is 1. The Morgan fingerprint density at radius 2 is 1.92 bits per heavy atom. The van der Waals surface area contributed by atoms with Gasteiger partial charge in [0.05, 0.1) is 14.2 Å². The van der Waals surface area contributed by atoms with Crippen molar-refractivity contribution in [3.05, 3.63) is 48.0 Å². The molecule has 3 aromatic rings. The zero-order valence-corrected chi connectivity index (χ0v) is 14.4. The van der Waals surface area contributed by atoms with Crippen molar-refractivity contribution in [2.45, 2.75) is 19.3 Å². The molecular formula is C18H20N4O3. The van der Waals surface area contributed by atoms with E-state index in [-0.39, 0.29) is 5.92 Å². The lowest BCUT2D eigenvalue weighted by Gasteiger charge is -2.11. The third-order valence-electron chi connectivity index (χ3n) is 3.90. The predicted octanol–water partition coefficient (Wildman–Crippen LogP) is 3.08. The van der Waals surface area contributed by atoms with E-state index in [0.717, 1.165) is 17.5 Å². The summed E-state index contributed by atoms with van der Waals surface area (Å²) in [4.78, 5) is 8.51. The average molecular weight is 340 g/mol. The molecule has 3 rings (SSSR count). The molecule has 2 aromatic heterocycles. The number of nitrogen functional groups attached to an aromatic ring is 1. The van der Waals surface area contributed by atoms with Gasteiger partial charge in [-0.3, -0.25) is 0 Å². The Balaban J connectivity index is 1.75. The molecule has 0 saturated carbocycles. The van der Waals surface area contributed by atoms with Crippen LogP contribution in [-0.4, -0.2) is 29.3 Å². The number of ether oxygens (including phenoxy) is 2. The number of anilines is 1. The third kappa shape index (κ3) is 3.71. The fraction of sp³-hybridized carbons (Fsp3) is 0.278. The minimum absolute atomic E-state index is 0.0566. The first-order valence-electron chi connectivity index (χ1n) is 7.87. The summed E-state index contributed by atoms with van der Waals surface area (Å²) in [5.74, 6) is 2.99. The van der Waals surface area contributed by atoms with E-state index in [0.29, 0.717) is 29.0 Å². The quantitative estimate of drug-likeness (QED) is 0.736. The molecule has 1 aromatic carbocycles. The minimum atomic E-state index is 0.0566. The van der Waals surface area contributed by atoms with Gasteiger partial charge in [-0.1, -0.05) is 18.1 Å². The van der Waals surface area contributed by atoms with E-state index >= 15 is 0 Å². The fourth-order valence-corrected chi connectivity index (χ4v) is 2.54. The van der Waals surface area contributed by atoms with Gasteiger partial charge in [-0.15, -0.1) is 0 Å². The van der Waals surface area contributed by atoms with Crippen LogP contribution in [0.4, 0.5) is 5.82 Å². The van der Waals surface area contributed by atoms with Crippen molar-refractivity contribution >= 4 is 5.82 Å². The number of pyridine rings is 1. The highest BCUT2D eigenvalue weighted by Gasteiger charge is 2.17. The number of aromatic nitrogens is 3. The first kappa shape index (κ1) is 16.8. The molecule has 2 heterocycles. The van der Waals surface area contributed by atoms with Crippen LogP contribution >= 0.6 is 0 Å². The molecule has 0 saturated heterocycles. The van der Waals surface area contributed by atoms with Crippen LogP contribution < -0.4 is 15.2 Å². The molecule has 0 spiro atoms. The maximum Gasteiger partial charge on any atom is 0.230 e. The first-order chi connectivity index (χ1) is 12.1.